The second-order valence-corrected chi connectivity index (χ2v) is 5.56. The van der Waals surface area contributed by atoms with E-state index in [0.717, 1.165) is 5.92 Å². The number of rotatable bonds is 5. The standard InChI is InChI=1S/C16H21N3/c1-12(15-10-17-19(2)11-15)18-16(14-8-9-14)13-6-4-3-5-7-13/h3-7,10-12,14,16,18H,8-9H2,1-2H3. The van der Waals surface area contributed by atoms with E-state index >= 15 is 0 Å². The Labute approximate surface area is 114 Å². The van der Waals surface area contributed by atoms with Gasteiger partial charge in [0.15, 0.2) is 0 Å². The Morgan fingerprint density at radius 3 is 2.53 bits per heavy atom. The second kappa shape index (κ2) is 5.17. The molecule has 19 heavy (non-hydrogen) atoms. The van der Waals surface area contributed by atoms with Crippen molar-refractivity contribution in [3.8, 4) is 0 Å². The molecule has 1 saturated carbocycles. The Kier molecular flexibility index (Phi) is 3.38. The Balaban J connectivity index is 1.75. The van der Waals surface area contributed by atoms with Gasteiger partial charge in [-0.15, -0.1) is 0 Å². The van der Waals surface area contributed by atoms with E-state index in [4.69, 9.17) is 0 Å². The molecule has 1 N–H and O–H groups in total. The van der Waals surface area contributed by atoms with Gasteiger partial charge in [0, 0.05) is 30.9 Å². The monoisotopic (exact) mass is 255 g/mol. The van der Waals surface area contributed by atoms with Gasteiger partial charge < -0.3 is 5.32 Å². The molecular weight excluding hydrogens is 234 g/mol. The summed E-state index contributed by atoms with van der Waals surface area (Å²) in [4.78, 5) is 0. The van der Waals surface area contributed by atoms with Gasteiger partial charge in [-0.1, -0.05) is 30.3 Å². The lowest BCUT2D eigenvalue weighted by atomic mass is 10.0. The molecule has 1 aromatic carbocycles. The van der Waals surface area contributed by atoms with Gasteiger partial charge in [-0.05, 0) is 31.2 Å². The highest BCUT2D eigenvalue weighted by molar-refractivity contribution is 5.22. The van der Waals surface area contributed by atoms with Crippen LogP contribution in [0.25, 0.3) is 0 Å². The van der Waals surface area contributed by atoms with E-state index in [-0.39, 0.29) is 0 Å². The number of aryl methyl sites for hydroxylation is 1. The van der Waals surface area contributed by atoms with E-state index in [2.05, 4.69) is 53.9 Å². The van der Waals surface area contributed by atoms with Crippen LogP contribution < -0.4 is 5.32 Å². The van der Waals surface area contributed by atoms with Crippen molar-refractivity contribution in [3.63, 3.8) is 0 Å². The Morgan fingerprint density at radius 1 is 1.21 bits per heavy atom. The highest BCUT2D eigenvalue weighted by atomic mass is 15.2. The van der Waals surface area contributed by atoms with Gasteiger partial charge in [0.2, 0.25) is 0 Å². The second-order valence-electron chi connectivity index (χ2n) is 5.56. The number of nitrogens with zero attached hydrogens (tertiary/aromatic N) is 2. The minimum Gasteiger partial charge on any atom is -0.303 e. The van der Waals surface area contributed by atoms with E-state index in [9.17, 15) is 0 Å². The molecule has 2 aromatic rings. The molecule has 0 amide bonds. The minimum atomic E-state index is 0.333. The molecule has 1 aromatic heterocycles. The molecule has 0 aliphatic heterocycles. The van der Waals surface area contributed by atoms with E-state index in [1.165, 1.54) is 24.0 Å². The topological polar surface area (TPSA) is 29.9 Å². The van der Waals surface area contributed by atoms with Crippen LogP contribution in [0.1, 0.15) is 43.0 Å². The summed E-state index contributed by atoms with van der Waals surface area (Å²) in [6, 6.07) is 11.6. The fourth-order valence-corrected chi connectivity index (χ4v) is 2.62. The van der Waals surface area contributed by atoms with Crippen molar-refractivity contribution in [2.75, 3.05) is 0 Å². The van der Waals surface area contributed by atoms with Crippen molar-refractivity contribution in [1.82, 2.24) is 15.1 Å². The molecule has 0 spiro atoms. The van der Waals surface area contributed by atoms with Crippen LogP contribution in [0.3, 0.4) is 0 Å². The first kappa shape index (κ1) is 12.4. The highest BCUT2D eigenvalue weighted by Crippen LogP contribution is 2.42. The Morgan fingerprint density at radius 2 is 1.95 bits per heavy atom. The first-order chi connectivity index (χ1) is 9.24. The maximum atomic E-state index is 4.25. The van der Waals surface area contributed by atoms with Gasteiger partial charge >= 0.3 is 0 Å². The highest BCUT2D eigenvalue weighted by Gasteiger charge is 2.33. The molecule has 1 aliphatic carbocycles. The van der Waals surface area contributed by atoms with Crippen LogP contribution >= 0.6 is 0 Å². The van der Waals surface area contributed by atoms with Crippen LogP contribution in [0.4, 0.5) is 0 Å². The van der Waals surface area contributed by atoms with Crippen molar-refractivity contribution in [2.45, 2.75) is 31.8 Å². The quantitative estimate of drug-likeness (QED) is 0.889. The van der Waals surface area contributed by atoms with E-state index in [1.807, 2.05) is 17.9 Å². The lowest BCUT2D eigenvalue weighted by Crippen LogP contribution is -2.26. The van der Waals surface area contributed by atoms with Crippen molar-refractivity contribution in [2.24, 2.45) is 13.0 Å². The Hall–Kier alpha value is -1.61. The molecule has 2 atom stereocenters. The Bertz CT molecular complexity index is 528. The molecule has 3 rings (SSSR count). The molecule has 1 fully saturated rings. The largest absolute Gasteiger partial charge is 0.303 e. The van der Waals surface area contributed by atoms with Gasteiger partial charge in [-0.3, -0.25) is 4.68 Å². The molecule has 100 valence electrons. The third-order valence-electron chi connectivity index (χ3n) is 3.91. The number of hydrogen-bond acceptors (Lipinski definition) is 2. The molecule has 0 saturated heterocycles. The number of nitrogens with one attached hydrogen (secondary N) is 1. The zero-order valence-electron chi connectivity index (χ0n) is 11.6. The first-order valence-corrected chi connectivity index (χ1v) is 7.03. The van der Waals surface area contributed by atoms with E-state index in [0.29, 0.717) is 12.1 Å². The molecule has 1 heterocycles. The van der Waals surface area contributed by atoms with Crippen molar-refractivity contribution in [1.29, 1.82) is 0 Å². The molecule has 1 aliphatic rings. The molecule has 2 unspecified atom stereocenters. The van der Waals surface area contributed by atoms with Crippen LogP contribution in [0.15, 0.2) is 42.7 Å². The van der Waals surface area contributed by atoms with Crippen molar-refractivity contribution >= 4 is 0 Å². The zero-order chi connectivity index (χ0) is 13.2. The predicted octanol–water partition coefficient (Wildman–Crippen LogP) is 3.22. The lowest BCUT2D eigenvalue weighted by Gasteiger charge is -2.23. The smallest absolute Gasteiger partial charge is 0.0537 e. The average molecular weight is 255 g/mol. The predicted molar refractivity (Wildman–Crippen MR) is 76.7 cm³/mol. The van der Waals surface area contributed by atoms with Crippen LogP contribution in [0.5, 0.6) is 0 Å². The van der Waals surface area contributed by atoms with E-state index < -0.39 is 0 Å². The van der Waals surface area contributed by atoms with Gasteiger partial charge in [-0.2, -0.15) is 5.10 Å². The molecule has 0 radical (unpaired) electrons. The fourth-order valence-electron chi connectivity index (χ4n) is 2.62. The molecule has 3 nitrogen and oxygen atoms in total. The summed E-state index contributed by atoms with van der Waals surface area (Å²) in [5.74, 6) is 0.793. The summed E-state index contributed by atoms with van der Waals surface area (Å²) in [6.07, 6.45) is 6.72. The first-order valence-electron chi connectivity index (χ1n) is 7.03. The number of hydrogen-bond donors (Lipinski definition) is 1. The lowest BCUT2D eigenvalue weighted by molar-refractivity contribution is 0.427. The van der Waals surface area contributed by atoms with Gasteiger partial charge in [0.05, 0.1) is 6.20 Å². The number of benzene rings is 1. The SMILES string of the molecule is CC(NC(c1ccccc1)C1CC1)c1cnn(C)c1. The van der Waals surface area contributed by atoms with Crippen LogP contribution in [-0.4, -0.2) is 9.78 Å². The van der Waals surface area contributed by atoms with Gasteiger partial charge in [0.1, 0.15) is 0 Å². The third kappa shape index (κ3) is 2.87. The average Bonchev–Trinajstić information content (AvgIpc) is 3.18. The fraction of sp³-hybridized carbons (Fsp3) is 0.438. The van der Waals surface area contributed by atoms with Crippen molar-refractivity contribution in [3.05, 3.63) is 53.9 Å². The van der Waals surface area contributed by atoms with Crippen LogP contribution in [0.2, 0.25) is 0 Å². The van der Waals surface area contributed by atoms with E-state index in [1.54, 1.807) is 0 Å². The maximum absolute atomic E-state index is 4.25. The summed E-state index contributed by atoms with van der Waals surface area (Å²) in [5.41, 5.74) is 2.66. The summed E-state index contributed by atoms with van der Waals surface area (Å²) < 4.78 is 1.86. The molecule has 3 heteroatoms. The van der Waals surface area contributed by atoms with Crippen molar-refractivity contribution < 1.29 is 0 Å². The molecular formula is C16H21N3. The van der Waals surface area contributed by atoms with Gasteiger partial charge in [0.25, 0.3) is 0 Å². The number of aromatic nitrogens is 2. The van der Waals surface area contributed by atoms with Crippen LogP contribution in [-0.2, 0) is 7.05 Å². The van der Waals surface area contributed by atoms with Crippen LogP contribution in [0, 0.1) is 5.92 Å². The normalized spacial score (nSPS) is 18.2. The summed E-state index contributed by atoms with van der Waals surface area (Å²) >= 11 is 0. The minimum absolute atomic E-state index is 0.333. The zero-order valence-corrected chi connectivity index (χ0v) is 11.6. The summed E-state index contributed by atoms with van der Waals surface area (Å²) in [5, 5.41) is 8.03. The summed E-state index contributed by atoms with van der Waals surface area (Å²) in [6.45, 7) is 2.22. The molecule has 0 bridgehead atoms. The van der Waals surface area contributed by atoms with Gasteiger partial charge in [-0.25, -0.2) is 0 Å². The maximum Gasteiger partial charge on any atom is 0.0537 e. The summed E-state index contributed by atoms with van der Waals surface area (Å²) in [7, 11) is 1.96. The third-order valence-corrected chi connectivity index (χ3v) is 3.91.